The van der Waals surface area contributed by atoms with Gasteiger partial charge in [-0.15, -0.1) is 0 Å². The molecule has 2 aliphatic heterocycles. The van der Waals surface area contributed by atoms with Gasteiger partial charge >= 0.3 is 0 Å². The van der Waals surface area contributed by atoms with Crippen molar-refractivity contribution in [2.24, 2.45) is 5.92 Å². The first-order valence-electron chi connectivity index (χ1n) is 11.0. The molecular weight excluding hydrogens is 362 g/mol. The van der Waals surface area contributed by atoms with Gasteiger partial charge in [0.25, 0.3) is 0 Å². The lowest BCUT2D eigenvalue weighted by Crippen LogP contribution is -2.44. The molecule has 0 radical (unpaired) electrons. The monoisotopic (exact) mass is 391 g/mol. The molecule has 2 saturated heterocycles. The van der Waals surface area contributed by atoms with Crippen molar-refractivity contribution in [3.63, 3.8) is 0 Å². The van der Waals surface area contributed by atoms with Crippen LogP contribution in [-0.2, 0) is 17.6 Å². The molecule has 6 heteroatoms. The van der Waals surface area contributed by atoms with Gasteiger partial charge in [-0.2, -0.15) is 0 Å². The third-order valence-electron chi connectivity index (χ3n) is 6.52. The lowest BCUT2D eigenvalue weighted by Gasteiger charge is -2.33. The van der Waals surface area contributed by atoms with Crippen LogP contribution in [-0.4, -0.2) is 48.1 Å². The van der Waals surface area contributed by atoms with Crippen molar-refractivity contribution in [2.75, 3.05) is 31.1 Å². The molecule has 6 nitrogen and oxygen atoms in total. The predicted octanol–water partition coefficient (Wildman–Crippen LogP) is 2.33. The Bertz CT molecular complexity index is 870. The van der Waals surface area contributed by atoms with E-state index in [-0.39, 0.29) is 11.8 Å². The molecule has 152 valence electrons. The number of amides is 1. The highest BCUT2D eigenvalue weighted by Gasteiger charge is 2.30. The van der Waals surface area contributed by atoms with Gasteiger partial charge in [-0.1, -0.05) is 30.3 Å². The van der Waals surface area contributed by atoms with E-state index in [1.165, 1.54) is 11.3 Å². The van der Waals surface area contributed by atoms with Crippen LogP contribution >= 0.6 is 0 Å². The zero-order valence-corrected chi connectivity index (χ0v) is 16.9. The lowest BCUT2D eigenvalue weighted by molar-refractivity contribution is -0.126. The zero-order chi connectivity index (χ0) is 19.6. The van der Waals surface area contributed by atoms with Crippen LogP contribution in [0.4, 0.5) is 5.82 Å². The highest BCUT2D eigenvalue weighted by Crippen LogP contribution is 2.33. The molecule has 0 spiro atoms. The van der Waals surface area contributed by atoms with E-state index in [1.807, 2.05) is 18.2 Å². The third-order valence-corrected chi connectivity index (χ3v) is 6.52. The molecule has 0 bridgehead atoms. The number of piperidine rings is 1. The van der Waals surface area contributed by atoms with Crippen LogP contribution in [0.15, 0.2) is 30.3 Å². The maximum Gasteiger partial charge on any atom is 0.223 e. The molecule has 1 amide bonds. The standard InChI is InChI=1S/C23H29N5O/c29-23(25-18-9-12-24-15-18)17-10-13-28(14-11-17)22-19-7-4-8-20(19)26-21(27-22)16-5-2-1-3-6-16/h1-3,5-6,17-18,24H,4,7-15H2,(H,25,29)/t18-/m0/s1. The normalized spacial score (nSPS) is 21.9. The smallest absolute Gasteiger partial charge is 0.223 e. The quantitative estimate of drug-likeness (QED) is 0.837. The van der Waals surface area contributed by atoms with E-state index in [0.29, 0.717) is 6.04 Å². The maximum atomic E-state index is 12.6. The highest BCUT2D eigenvalue weighted by atomic mass is 16.2. The average Bonchev–Trinajstić information content (AvgIpc) is 3.45. The number of aromatic nitrogens is 2. The van der Waals surface area contributed by atoms with Crippen molar-refractivity contribution in [1.29, 1.82) is 0 Å². The number of benzene rings is 1. The van der Waals surface area contributed by atoms with E-state index in [1.54, 1.807) is 0 Å². The molecule has 29 heavy (non-hydrogen) atoms. The van der Waals surface area contributed by atoms with Gasteiger partial charge in [0.05, 0.1) is 0 Å². The molecule has 2 N–H and O–H groups in total. The Morgan fingerprint density at radius 1 is 1.07 bits per heavy atom. The molecule has 1 aromatic carbocycles. The fourth-order valence-corrected chi connectivity index (χ4v) is 4.84. The summed E-state index contributed by atoms with van der Waals surface area (Å²) in [5, 5.41) is 6.54. The van der Waals surface area contributed by atoms with Gasteiger partial charge in [0.2, 0.25) is 5.91 Å². The van der Waals surface area contributed by atoms with Crippen LogP contribution in [0.5, 0.6) is 0 Å². The largest absolute Gasteiger partial charge is 0.356 e. The summed E-state index contributed by atoms with van der Waals surface area (Å²) in [5.74, 6) is 2.28. The SMILES string of the molecule is O=C(N[C@H]1CCNC1)C1CCN(c2nc(-c3ccccc3)nc3c2CCC3)CC1. The number of nitrogens with one attached hydrogen (secondary N) is 2. The van der Waals surface area contributed by atoms with Gasteiger partial charge in [0.15, 0.2) is 5.82 Å². The van der Waals surface area contributed by atoms with Gasteiger partial charge in [-0.3, -0.25) is 4.79 Å². The average molecular weight is 392 g/mol. The van der Waals surface area contributed by atoms with Gasteiger partial charge in [0.1, 0.15) is 5.82 Å². The second-order valence-electron chi connectivity index (χ2n) is 8.48. The summed E-state index contributed by atoms with van der Waals surface area (Å²) >= 11 is 0. The zero-order valence-electron chi connectivity index (χ0n) is 16.9. The number of nitrogens with zero attached hydrogens (tertiary/aromatic N) is 3. The number of carbonyl (C=O) groups is 1. The second kappa shape index (κ2) is 8.11. The maximum absolute atomic E-state index is 12.6. The molecule has 3 aliphatic rings. The van der Waals surface area contributed by atoms with E-state index in [9.17, 15) is 4.79 Å². The van der Waals surface area contributed by atoms with Crippen LogP contribution in [0.25, 0.3) is 11.4 Å². The summed E-state index contributed by atoms with van der Waals surface area (Å²) < 4.78 is 0. The Morgan fingerprint density at radius 2 is 1.90 bits per heavy atom. The van der Waals surface area contributed by atoms with Gasteiger partial charge in [-0.05, 0) is 45.1 Å². The molecule has 2 aromatic rings. The number of rotatable bonds is 4. The molecule has 1 aromatic heterocycles. The van der Waals surface area contributed by atoms with Crippen molar-refractivity contribution in [2.45, 2.75) is 44.6 Å². The summed E-state index contributed by atoms with van der Waals surface area (Å²) in [6.07, 6.45) is 6.09. The number of carbonyl (C=O) groups excluding carboxylic acids is 1. The Balaban J connectivity index is 1.31. The van der Waals surface area contributed by atoms with Crippen LogP contribution in [0.2, 0.25) is 0 Å². The summed E-state index contributed by atoms with van der Waals surface area (Å²) in [6, 6.07) is 10.6. The van der Waals surface area contributed by atoms with Gasteiger partial charge in [-0.25, -0.2) is 9.97 Å². The first kappa shape index (κ1) is 18.6. The molecule has 2 fully saturated rings. The second-order valence-corrected chi connectivity index (χ2v) is 8.48. The number of fused-ring (bicyclic) bond motifs is 1. The molecular formula is C23H29N5O. The summed E-state index contributed by atoms with van der Waals surface area (Å²) in [4.78, 5) is 24.9. The fraction of sp³-hybridized carbons (Fsp3) is 0.522. The topological polar surface area (TPSA) is 70.2 Å². The minimum absolute atomic E-state index is 0.121. The van der Waals surface area contributed by atoms with E-state index >= 15 is 0 Å². The number of hydrogen-bond donors (Lipinski definition) is 2. The summed E-state index contributed by atoms with van der Waals surface area (Å²) in [6.45, 7) is 3.68. The van der Waals surface area contributed by atoms with Crippen molar-refractivity contribution in [3.8, 4) is 11.4 Å². The van der Waals surface area contributed by atoms with Crippen molar-refractivity contribution in [1.82, 2.24) is 20.6 Å². The molecule has 0 saturated carbocycles. The minimum atomic E-state index is 0.121. The summed E-state index contributed by atoms with van der Waals surface area (Å²) in [5.41, 5.74) is 3.61. The lowest BCUT2D eigenvalue weighted by atomic mass is 9.95. The first-order chi connectivity index (χ1) is 14.3. The number of hydrogen-bond acceptors (Lipinski definition) is 5. The van der Waals surface area contributed by atoms with Crippen LogP contribution in [0.1, 0.15) is 36.9 Å². The molecule has 1 atom stereocenters. The minimum Gasteiger partial charge on any atom is -0.356 e. The number of aryl methyl sites for hydroxylation is 1. The first-order valence-corrected chi connectivity index (χ1v) is 11.0. The third kappa shape index (κ3) is 3.86. The number of anilines is 1. The molecule has 1 aliphatic carbocycles. The van der Waals surface area contributed by atoms with E-state index < -0.39 is 0 Å². The van der Waals surface area contributed by atoms with Crippen molar-refractivity contribution in [3.05, 3.63) is 41.6 Å². The van der Waals surface area contributed by atoms with E-state index in [4.69, 9.17) is 9.97 Å². The molecule has 0 unspecified atom stereocenters. The molecule has 5 rings (SSSR count). The Labute approximate surface area is 172 Å². The Kier molecular flexibility index (Phi) is 5.19. The highest BCUT2D eigenvalue weighted by molar-refractivity contribution is 5.79. The summed E-state index contributed by atoms with van der Waals surface area (Å²) in [7, 11) is 0. The van der Waals surface area contributed by atoms with Gasteiger partial charge in [0, 0.05) is 48.4 Å². The fourth-order valence-electron chi connectivity index (χ4n) is 4.84. The van der Waals surface area contributed by atoms with Crippen molar-refractivity contribution < 1.29 is 4.79 Å². The molecule has 3 heterocycles. The Morgan fingerprint density at radius 3 is 2.66 bits per heavy atom. The van der Waals surface area contributed by atoms with Crippen molar-refractivity contribution >= 4 is 11.7 Å². The van der Waals surface area contributed by atoms with E-state index in [2.05, 4.69) is 27.7 Å². The van der Waals surface area contributed by atoms with Crippen LogP contribution in [0.3, 0.4) is 0 Å². The predicted molar refractivity (Wildman–Crippen MR) is 114 cm³/mol. The van der Waals surface area contributed by atoms with Gasteiger partial charge < -0.3 is 15.5 Å². The van der Waals surface area contributed by atoms with Crippen LogP contribution in [0, 0.1) is 5.92 Å². The van der Waals surface area contributed by atoms with E-state index in [0.717, 1.165) is 81.9 Å². The Hall–Kier alpha value is -2.47. The van der Waals surface area contributed by atoms with Crippen LogP contribution < -0.4 is 15.5 Å².